The van der Waals surface area contributed by atoms with E-state index in [1.807, 2.05) is 6.92 Å². The summed E-state index contributed by atoms with van der Waals surface area (Å²) in [6, 6.07) is 3.38. The van der Waals surface area contributed by atoms with Crippen LogP contribution in [0.3, 0.4) is 0 Å². The fourth-order valence-electron chi connectivity index (χ4n) is 2.05. The third kappa shape index (κ3) is 3.01. The van der Waals surface area contributed by atoms with Gasteiger partial charge in [0, 0.05) is 6.04 Å². The lowest BCUT2D eigenvalue weighted by molar-refractivity contribution is 0.0693. The van der Waals surface area contributed by atoms with Gasteiger partial charge >= 0.3 is 12.0 Å². The predicted octanol–water partition coefficient (Wildman–Crippen LogP) is 2.44. The SMILES string of the molecule is CCC1CC1NC(=O)Nc1cccc(F)c1C(=O)O. The Labute approximate surface area is 109 Å². The maximum absolute atomic E-state index is 13.4. The quantitative estimate of drug-likeness (QED) is 0.783. The summed E-state index contributed by atoms with van der Waals surface area (Å²) in [6.07, 6.45) is 1.92. The van der Waals surface area contributed by atoms with Gasteiger partial charge in [0.2, 0.25) is 0 Å². The molecule has 102 valence electrons. The number of rotatable bonds is 4. The Balaban J connectivity index is 2.05. The summed E-state index contributed by atoms with van der Waals surface area (Å²) in [6.45, 7) is 2.04. The number of carbonyl (C=O) groups is 2. The number of hydrogen-bond donors (Lipinski definition) is 3. The topological polar surface area (TPSA) is 78.4 Å². The minimum atomic E-state index is -1.41. The fraction of sp³-hybridized carbons (Fsp3) is 0.385. The average Bonchev–Trinajstić information content (AvgIpc) is 3.06. The average molecular weight is 266 g/mol. The molecule has 1 aliphatic carbocycles. The molecule has 6 heteroatoms. The first-order chi connectivity index (χ1) is 9.02. The van der Waals surface area contributed by atoms with E-state index in [2.05, 4.69) is 10.6 Å². The van der Waals surface area contributed by atoms with Crippen LogP contribution in [0, 0.1) is 11.7 Å². The van der Waals surface area contributed by atoms with Crippen molar-refractivity contribution in [1.82, 2.24) is 5.32 Å². The lowest BCUT2D eigenvalue weighted by atomic mass is 10.1. The Morgan fingerprint density at radius 1 is 1.47 bits per heavy atom. The summed E-state index contributed by atoms with van der Waals surface area (Å²) in [5, 5.41) is 14.0. The van der Waals surface area contributed by atoms with Gasteiger partial charge in [0.1, 0.15) is 11.4 Å². The summed E-state index contributed by atoms with van der Waals surface area (Å²) >= 11 is 0. The van der Waals surface area contributed by atoms with E-state index < -0.39 is 23.4 Å². The number of carbonyl (C=O) groups excluding carboxylic acids is 1. The number of anilines is 1. The third-order valence-electron chi connectivity index (χ3n) is 3.24. The van der Waals surface area contributed by atoms with Crippen LogP contribution in [-0.4, -0.2) is 23.1 Å². The molecule has 0 bridgehead atoms. The highest BCUT2D eigenvalue weighted by Gasteiger charge is 2.36. The van der Waals surface area contributed by atoms with E-state index in [0.717, 1.165) is 18.9 Å². The Hall–Kier alpha value is -2.11. The van der Waals surface area contributed by atoms with Crippen LogP contribution in [0.15, 0.2) is 18.2 Å². The van der Waals surface area contributed by atoms with E-state index in [0.29, 0.717) is 5.92 Å². The van der Waals surface area contributed by atoms with E-state index in [1.165, 1.54) is 12.1 Å². The number of amides is 2. The largest absolute Gasteiger partial charge is 0.478 e. The van der Waals surface area contributed by atoms with Gasteiger partial charge in [-0.05, 0) is 24.5 Å². The molecule has 0 saturated heterocycles. The molecule has 1 saturated carbocycles. The summed E-state index contributed by atoms with van der Waals surface area (Å²) in [4.78, 5) is 22.6. The van der Waals surface area contributed by atoms with Crippen LogP contribution in [0.1, 0.15) is 30.1 Å². The molecule has 1 aromatic rings. The fourth-order valence-corrected chi connectivity index (χ4v) is 2.05. The van der Waals surface area contributed by atoms with Crippen LogP contribution in [0.2, 0.25) is 0 Å². The highest BCUT2D eigenvalue weighted by molar-refractivity contribution is 6.00. The molecule has 1 aliphatic rings. The van der Waals surface area contributed by atoms with Gasteiger partial charge in [-0.15, -0.1) is 0 Å². The molecular formula is C13H15FN2O3. The van der Waals surface area contributed by atoms with Gasteiger partial charge in [0.25, 0.3) is 0 Å². The van der Waals surface area contributed by atoms with Crippen molar-refractivity contribution in [3.8, 4) is 0 Å². The molecular weight excluding hydrogens is 251 g/mol. The molecule has 0 heterocycles. The lowest BCUT2D eigenvalue weighted by Gasteiger charge is -2.10. The molecule has 19 heavy (non-hydrogen) atoms. The molecule has 2 atom stereocenters. The highest BCUT2D eigenvalue weighted by Crippen LogP contribution is 2.33. The Bertz CT molecular complexity index is 519. The molecule has 2 amide bonds. The molecule has 0 spiro atoms. The van der Waals surface area contributed by atoms with Gasteiger partial charge in [0.15, 0.2) is 0 Å². The second-order valence-corrected chi connectivity index (χ2v) is 4.58. The minimum Gasteiger partial charge on any atom is -0.478 e. The summed E-state index contributed by atoms with van der Waals surface area (Å²) < 4.78 is 13.4. The van der Waals surface area contributed by atoms with Gasteiger partial charge in [-0.3, -0.25) is 0 Å². The van der Waals surface area contributed by atoms with E-state index >= 15 is 0 Å². The van der Waals surface area contributed by atoms with Gasteiger partial charge in [-0.2, -0.15) is 0 Å². The van der Waals surface area contributed by atoms with Crippen molar-refractivity contribution in [3.63, 3.8) is 0 Å². The normalized spacial score (nSPS) is 20.7. The smallest absolute Gasteiger partial charge is 0.340 e. The van der Waals surface area contributed by atoms with Gasteiger partial charge < -0.3 is 15.7 Å². The maximum atomic E-state index is 13.4. The first-order valence-corrected chi connectivity index (χ1v) is 6.12. The Morgan fingerprint density at radius 2 is 2.21 bits per heavy atom. The van der Waals surface area contributed by atoms with E-state index in [9.17, 15) is 14.0 Å². The van der Waals surface area contributed by atoms with Crippen molar-refractivity contribution in [2.75, 3.05) is 5.32 Å². The zero-order valence-corrected chi connectivity index (χ0v) is 10.4. The number of halogens is 1. The van der Waals surface area contributed by atoms with Crippen molar-refractivity contribution in [1.29, 1.82) is 0 Å². The minimum absolute atomic E-state index is 0.0429. The number of benzene rings is 1. The number of hydrogen-bond acceptors (Lipinski definition) is 2. The number of carboxylic acid groups (broad SMARTS) is 1. The van der Waals surface area contributed by atoms with Crippen molar-refractivity contribution in [3.05, 3.63) is 29.6 Å². The maximum Gasteiger partial charge on any atom is 0.340 e. The molecule has 0 radical (unpaired) electrons. The zero-order chi connectivity index (χ0) is 14.0. The van der Waals surface area contributed by atoms with Crippen LogP contribution in [0.4, 0.5) is 14.9 Å². The van der Waals surface area contributed by atoms with Crippen molar-refractivity contribution in [2.45, 2.75) is 25.8 Å². The summed E-state index contributed by atoms with van der Waals surface area (Å²) in [5.41, 5.74) is -0.570. The molecule has 3 N–H and O–H groups in total. The number of nitrogens with one attached hydrogen (secondary N) is 2. The number of carboxylic acids is 1. The molecule has 0 aliphatic heterocycles. The second kappa shape index (κ2) is 5.26. The lowest BCUT2D eigenvalue weighted by Crippen LogP contribution is -2.32. The summed E-state index contributed by atoms with van der Waals surface area (Å²) in [7, 11) is 0. The Morgan fingerprint density at radius 3 is 2.79 bits per heavy atom. The van der Waals surface area contributed by atoms with Crippen LogP contribution >= 0.6 is 0 Å². The van der Waals surface area contributed by atoms with Crippen LogP contribution in [0.25, 0.3) is 0 Å². The number of aromatic carboxylic acids is 1. The van der Waals surface area contributed by atoms with Gasteiger partial charge in [-0.25, -0.2) is 14.0 Å². The van der Waals surface area contributed by atoms with Gasteiger partial charge in [0.05, 0.1) is 5.69 Å². The van der Waals surface area contributed by atoms with E-state index in [-0.39, 0.29) is 11.7 Å². The van der Waals surface area contributed by atoms with Crippen LogP contribution in [-0.2, 0) is 0 Å². The third-order valence-corrected chi connectivity index (χ3v) is 3.24. The highest BCUT2D eigenvalue weighted by atomic mass is 19.1. The van der Waals surface area contributed by atoms with Crippen molar-refractivity contribution < 1.29 is 19.1 Å². The van der Waals surface area contributed by atoms with Crippen LogP contribution < -0.4 is 10.6 Å². The van der Waals surface area contributed by atoms with Crippen molar-refractivity contribution in [2.24, 2.45) is 5.92 Å². The Kier molecular flexibility index (Phi) is 3.69. The summed E-state index contributed by atoms with van der Waals surface area (Å²) in [5.74, 6) is -1.80. The molecule has 5 nitrogen and oxygen atoms in total. The molecule has 0 aromatic heterocycles. The molecule has 2 unspecified atom stereocenters. The van der Waals surface area contributed by atoms with Gasteiger partial charge in [-0.1, -0.05) is 19.4 Å². The van der Waals surface area contributed by atoms with Crippen molar-refractivity contribution >= 4 is 17.7 Å². The predicted molar refractivity (Wildman–Crippen MR) is 67.7 cm³/mol. The number of urea groups is 1. The molecule has 1 aromatic carbocycles. The van der Waals surface area contributed by atoms with Crippen LogP contribution in [0.5, 0.6) is 0 Å². The standard InChI is InChI=1S/C13H15FN2O3/c1-2-7-6-10(7)16-13(19)15-9-5-3-4-8(14)11(9)12(17)18/h3-5,7,10H,2,6H2,1H3,(H,17,18)(H2,15,16,19). The van der Waals surface area contributed by atoms with E-state index in [1.54, 1.807) is 0 Å². The first kappa shape index (κ1) is 13.3. The zero-order valence-electron chi connectivity index (χ0n) is 10.4. The second-order valence-electron chi connectivity index (χ2n) is 4.58. The molecule has 1 fully saturated rings. The van der Waals surface area contributed by atoms with E-state index in [4.69, 9.17) is 5.11 Å². The first-order valence-electron chi connectivity index (χ1n) is 6.12. The molecule has 2 rings (SSSR count). The monoisotopic (exact) mass is 266 g/mol.